The average Bonchev–Trinajstić information content (AvgIpc) is 2.98. The van der Waals surface area contributed by atoms with E-state index in [1.165, 1.54) is 0 Å². The molecule has 2 fully saturated rings. The van der Waals surface area contributed by atoms with Crippen LogP contribution in [0.4, 0.5) is 0 Å². The second kappa shape index (κ2) is 4.07. The molecule has 3 heterocycles. The van der Waals surface area contributed by atoms with E-state index in [0.717, 1.165) is 0 Å². The Morgan fingerprint density at radius 3 is 3.00 bits per heavy atom. The summed E-state index contributed by atoms with van der Waals surface area (Å²) in [5.41, 5.74) is -0.608. The number of fused-ring (bicyclic) bond motifs is 1. The Labute approximate surface area is 112 Å². The molecule has 4 unspecified atom stereocenters. The summed E-state index contributed by atoms with van der Waals surface area (Å²) < 4.78 is 11.0. The Bertz CT molecular complexity index is 458. The van der Waals surface area contributed by atoms with Crippen molar-refractivity contribution in [3.63, 3.8) is 0 Å². The highest BCUT2D eigenvalue weighted by atomic mass is 16.6. The number of hydrogen-bond donors (Lipinski definition) is 0. The van der Waals surface area contributed by atoms with E-state index in [1.54, 1.807) is 11.8 Å². The van der Waals surface area contributed by atoms with Crippen molar-refractivity contribution in [2.75, 3.05) is 13.2 Å². The van der Waals surface area contributed by atoms with E-state index in [2.05, 4.69) is 0 Å². The molecule has 0 radical (unpaired) electrons. The Morgan fingerprint density at radius 1 is 1.63 bits per heavy atom. The lowest BCUT2D eigenvalue weighted by atomic mass is 9.77. The quantitative estimate of drug-likeness (QED) is 0.558. The van der Waals surface area contributed by atoms with Gasteiger partial charge in [0.05, 0.1) is 25.2 Å². The number of rotatable bonds is 3. The second-order valence-electron chi connectivity index (χ2n) is 5.71. The van der Waals surface area contributed by atoms with Gasteiger partial charge in [-0.25, -0.2) is 0 Å². The fourth-order valence-corrected chi connectivity index (χ4v) is 3.47. The number of likely N-dealkylation sites (tertiary alicyclic amines) is 1. The van der Waals surface area contributed by atoms with Crippen LogP contribution in [-0.4, -0.2) is 47.7 Å². The summed E-state index contributed by atoms with van der Waals surface area (Å²) in [6, 6.07) is 0.117. The molecular formula is C14H19NO4. The Kier molecular flexibility index (Phi) is 2.71. The molecule has 19 heavy (non-hydrogen) atoms. The van der Waals surface area contributed by atoms with E-state index in [0.29, 0.717) is 13.2 Å². The molecule has 0 aromatic rings. The number of carbonyl (C=O) groups excluding carboxylic acids is 2. The topological polar surface area (TPSA) is 55.8 Å². The monoisotopic (exact) mass is 265 g/mol. The van der Waals surface area contributed by atoms with Crippen molar-refractivity contribution in [2.45, 2.75) is 38.5 Å². The number of amides is 1. The maximum absolute atomic E-state index is 12.5. The van der Waals surface area contributed by atoms with E-state index in [4.69, 9.17) is 9.47 Å². The maximum Gasteiger partial charge on any atom is 0.312 e. The van der Waals surface area contributed by atoms with E-state index in [9.17, 15) is 9.59 Å². The van der Waals surface area contributed by atoms with Crippen LogP contribution in [0.25, 0.3) is 0 Å². The van der Waals surface area contributed by atoms with Gasteiger partial charge in [0, 0.05) is 6.04 Å². The van der Waals surface area contributed by atoms with E-state index in [1.807, 2.05) is 26.0 Å². The molecule has 0 aromatic carbocycles. The predicted molar refractivity (Wildman–Crippen MR) is 67.2 cm³/mol. The van der Waals surface area contributed by atoms with Crippen molar-refractivity contribution in [3.8, 4) is 0 Å². The van der Waals surface area contributed by atoms with Crippen molar-refractivity contribution in [3.05, 3.63) is 12.2 Å². The third kappa shape index (κ3) is 1.57. The zero-order valence-electron chi connectivity index (χ0n) is 11.5. The first-order valence-electron chi connectivity index (χ1n) is 6.84. The molecule has 1 spiro atoms. The van der Waals surface area contributed by atoms with Gasteiger partial charge < -0.3 is 14.4 Å². The molecule has 3 rings (SSSR count). The zero-order valence-corrected chi connectivity index (χ0v) is 11.5. The van der Waals surface area contributed by atoms with Gasteiger partial charge in [0.2, 0.25) is 5.91 Å². The van der Waals surface area contributed by atoms with Crippen LogP contribution in [0.2, 0.25) is 0 Å². The summed E-state index contributed by atoms with van der Waals surface area (Å²) in [7, 11) is 0. The molecule has 0 aliphatic carbocycles. The van der Waals surface area contributed by atoms with Crippen LogP contribution in [0.5, 0.6) is 0 Å². The molecule has 1 amide bonds. The maximum atomic E-state index is 12.5. The first kappa shape index (κ1) is 12.7. The van der Waals surface area contributed by atoms with Crippen molar-refractivity contribution < 1.29 is 19.1 Å². The third-order valence-corrected chi connectivity index (χ3v) is 4.31. The first-order valence-corrected chi connectivity index (χ1v) is 6.84. The smallest absolute Gasteiger partial charge is 0.312 e. The van der Waals surface area contributed by atoms with Crippen molar-refractivity contribution in [1.29, 1.82) is 0 Å². The minimum absolute atomic E-state index is 0.0138. The number of hydrogen-bond acceptors (Lipinski definition) is 4. The fraction of sp³-hybridized carbons (Fsp3) is 0.714. The van der Waals surface area contributed by atoms with Crippen molar-refractivity contribution in [1.82, 2.24) is 4.90 Å². The average molecular weight is 265 g/mol. The number of esters is 1. The van der Waals surface area contributed by atoms with Crippen LogP contribution in [0.1, 0.15) is 20.8 Å². The normalized spacial score (nSPS) is 39.3. The molecule has 5 heteroatoms. The second-order valence-corrected chi connectivity index (χ2v) is 5.71. The predicted octanol–water partition coefficient (Wildman–Crippen LogP) is 0.740. The molecule has 104 valence electrons. The molecule has 0 N–H and O–H groups in total. The minimum atomic E-state index is -0.608. The van der Waals surface area contributed by atoms with E-state index >= 15 is 0 Å². The SMILES string of the molecule is CCOC(=O)C1C2C=CC3(CN(C(C)C)C(=O)C13)O2. The zero-order chi connectivity index (χ0) is 13.8. The van der Waals surface area contributed by atoms with Crippen LogP contribution < -0.4 is 0 Å². The van der Waals surface area contributed by atoms with Crippen LogP contribution >= 0.6 is 0 Å². The highest BCUT2D eigenvalue weighted by Crippen LogP contribution is 2.52. The number of nitrogens with zero attached hydrogens (tertiary/aromatic N) is 1. The summed E-state index contributed by atoms with van der Waals surface area (Å²) in [6.07, 6.45) is 3.55. The lowest BCUT2D eigenvalue weighted by Gasteiger charge is -2.24. The summed E-state index contributed by atoms with van der Waals surface area (Å²) in [4.78, 5) is 26.4. The molecule has 3 aliphatic heterocycles. The van der Waals surface area contributed by atoms with Gasteiger partial charge in [0.1, 0.15) is 11.5 Å². The lowest BCUT2D eigenvalue weighted by molar-refractivity contribution is -0.153. The van der Waals surface area contributed by atoms with Crippen LogP contribution in [0, 0.1) is 11.8 Å². The summed E-state index contributed by atoms with van der Waals surface area (Å²) in [5.74, 6) is -1.20. The Balaban J connectivity index is 1.93. The largest absolute Gasteiger partial charge is 0.466 e. The minimum Gasteiger partial charge on any atom is -0.466 e. The molecular weight excluding hydrogens is 246 g/mol. The third-order valence-electron chi connectivity index (χ3n) is 4.31. The van der Waals surface area contributed by atoms with E-state index in [-0.39, 0.29) is 24.0 Å². The Hall–Kier alpha value is -1.36. The van der Waals surface area contributed by atoms with Crippen LogP contribution in [0.3, 0.4) is 0 Å². The number of carbonyl (C=O) groups is 2. The van der Waals surface area contributed by atoms with Crippen LogP contribution in [0.15, 0.2) is 12.2 Å². The van der Waals surface area contributed by atoms with Crippen LogP contribution in [-0.2, 0) is 19.1 Å². The Morgan fingerprint density at radius 2 is 2.37 bits per heavy atom. The molecule has 0 saturated carbocycles. The van der Waals surface area contributed by atoms with Gasteiger partial charge in [-0.3, -0.25) is 9.59 Å². The molecule has 0 aromatic heterocycles. The summed E-state index contributed by atoms with van der Waals surface area (Å²) in [6.45, 7) is 6.59. The standard InChI is InChI=1S/C14H19NO4/c1-4-18-13(17)10-9-5-6-14(19-9)7-15(8(2)3)12(16)11(10)14/h5-6,8-11H,4,7H2,1-3H3. The van der Waals surface area contributed by atoms with Gasteiger partial charge in [-0.2, -0.15) is 0 Å². The molecule has 3 aliphatic rings. The van der Waals surface area contributed by atoms with Gasteiger partial charge in [-0.15, -0.1) is 0 Å². The van der Waals surface area contributed by atoms with Gasteiger partial charge in [-0.1, -0.05) is 12.2 Å². The molecule has 2 saturated heterocycles. The molecule has 2 bridgehead atoms. The van der Waals surface area contributed by atoms with Gasteiger partial charge in [0.25, 0.3) is 0 Å². The first-order chi connectivity index (χ1) is 9.00. The fourth-order valence-electron chi connectivity index (χ4n) is 3.47. The number of ether oxygens (including phenoxy) is 2. The highest BCUT2D eigenvalue weighted by Gasteiger charge is 2.67. The molecule has 4 atom stereocenters. The highest BCUT2D eigenvalue weighted by molar-refractivity contribution is 5.91. The van der Waals surface area contributed by atoms with Gasteiger partial charge in [-0.05, 0) is 20.8 Å². The summed E-state index contributed by atoms with van der Waals surface area (Å²) >= 11 is 0. The van der Waals surface area contributed by atoms with E-state index < -0.39 is 17.4 Å². The lowest BCUT2D eigenvalue weighted by Crippen LogP contribution is -2.40. The van der Waals surface area contributed by atoms with Crippen molar-refractivity contribution in [2.24, 2.45) is 11.8 Å². The van der Waals surface area contributed by atoms with Crippen molar-refractivity contribution >= 4 is 11.9 Å². The summed E-state index contributed by atoms with van der Waals surface area (Å²) in [5, 5.41) is 0. The molecule has 5 nitrogen and oxygen atoms in total. The van der Waals surface area contributed by atoms with Gasteiger partial charge >= 0.3 is 5.97 Å². The van der Waals surface area contributed by atoms with Gasteiger partial charge in [0.15, 0.2) is 0 Å².